The van der Waals surface area contributed by atoms with Crippen molar-refractivity contribution in [3.63, 3.8) is 0 Å². The third-order valence-corrected chi connectivity index (χ3v) is 5.51. The Hall–Kier alpha value is -1.11. The summed E-state index contributed by atoms with van der Waals surface area (Å²) < 4.78 is 1.05. The molecule has 1 aliphatic heterocycles. The molecule has 2 aromatic rings. The Morgan fingerprint density at radius 3 is 2.85 bits per heavy atom. The molecule has 0 radical (unpaired) electrons. The minimum absolute atomic E-state index is 0.325. The molecule has 1 fully saturated rings. The van der Waals surface area contributed by atoms with Crippen LogP contribution in [0.4, 0.5) is 5.13 Å². The fraction of sp³-hybridized carbons (Fsp3) is 0.429. The number of aromatic nitrogens is 1. The summed E-state index contributed by atoms with van der Waals surface area (Å²) >= 11 is 3.22. The molecule has 2 heterocycles. The Kier molecular flexibility index (Phi) is 3.70. The van der Waals surface area contributed by atoms with E-state index >= 15 is 0 Å². The summed E-state index contributed by atoms with van der Waals surface area (Å²) in [6, 6.07) is 5.97. The number of hydrogen-bond donors (Lipinski definition) is 2. The van der Waals surface area contributed by atoms with Gasteiger partial charge >= 0.3 is 0 Å². The molecule has 106 valence electrons. The van der Waals surface area contributed by atoms with E-state index in [2.05, 4.69) is 10.3 Å². The number of nitrogens with one attached hydrogen (secondary N) is 1. The van der Waals surface area contributed by atoms with Crippen molar-refractivity contribution >= 4 is 44.4 Å². The van der Waals surface area contributed by atoms with Crippen molar-refractivity contribution < 1.29 is 9.90 Å². The number of thioether (sulfide) groups is 1. The SMILES string of the molecule is Cc1cccc2sc(NC(=O)C3(O)CCSCC3)nc12. The van der Waals surface area contributed by atoms with E-state index < -0.39 is 5.60 Å². The van der Waals surface area contributed by atoms with Gasteiger partial charge in [-0.2, -0.15) is 11.8 Å². The van der Waals surface area contributed by atoms with Crippen molar-refractivity contribution in [3.8, 4) is 0 Å². The summed E-state index contributed by atoms with van der Waals surface area (Å²) in [6.07, 6.45) is 1.01. The Morgan fingerprint density at radius 2 is 2.15 bits per heavy atom. The number of anilines is 1. The van der Waals surface area contributed by atoms with Crippen molar-refractivity contribution in [2.45, 2.75) is 25.4 Å². The van der Waals surface area contributed by atoms with Crippen molar-refractivity contribution in [2.24, 2.45) is 0 Å². The van der Waals surface area contributed by atoms with Crippen LogP contribution in [-0.4, -0.2) is 33.1 Å². The molecule has 2 N–H and O–H groups in total. The van der Waals surface area contributed by atoms with Gasteiger partial charge in [0.15, 0.2) is 5.13 Å². The molecule has 0 unspecified atom stereocenters. The third-order valence-electron chi connectivity index (χ3n) is 3.58. The van der Waals surface area contributed by atoms with Crippen molar-refractivity contribution in [2.75, 3.05) is 16.8 Å². The molecule has 0 aliphatic carbocycles. The highest BCUT2D eigenvalue weighted by Crippen LogP contribution is 2.31. The van der Waals surface area contributed by atoms with E-state index in [0.717, 1.165) is 27.3 Å². The zero-order valence-corrected chi connectivity index (χ0v) is 12.8. The Morgan fingerprint density at radius 1 is 1.40 bits per heavy atom. The Labute approximate surface area is 125 Å². The number of fused-ring (bicyclic) bond motifs is 1. The van der Waals surface area contributed by atoms with Crippen LogP contribution in [0.25, 0.3) is 10.2 Å². The lowest BCUT2D eigenvalue weighted by molar-refractivity contribution is -0.134. The maximum Gasteiger partial charge on any atom is 0.258 e. The minimum Gasteiger partial charge on any atom is -0.380 e. The van der Waals surface area contributed by atoms with Crippen LogP contribution in [0.1, 0.15) is 18.4 Å². The zero-order chi connectivity index (χ0) is 14.2. The van der Waals surface area contributed by atoms with Crippen LogP contribution < -0.4 is 5.32 Å². The molecule has 1 aromatic heterocycles. The minimum atomic E-state index is -1.24. The van der Waals surface area contributed by atoms with E-state index in [0.29, 0.717) is 18.0 Å². The van der Waals surface area contributed by atoms with Crippen LogP contribution in [-0.2, 0) is 4.79 Å². The summed E-state index contributed by atoms with van der Waals surface area (Å²) in [5.41, 5.74) is 0.768. The molecule has 20 heavy (non-hydrogen) atoms. The predicted octanol–water partition coefficient (Wildman–Crippen LogP) is 2.80. The second-order valence-corrected chi connectivity index (χ2v) is 7.29. The lowest BCUT2D eigenvalue weighted by atomic mass is 9.96. The maximum absolute atomic E-state index is 12.2. The molecule has 1 saturated heterocycles. The van der Waals surface area contributed by atoms with Gasteiger partial charge in [-0.25, -0.2) is 4.98 Å². The largest absolute Gasteiger partial charge is 0.380 e. The van der Waals surface area contributed by atoms with Crippen LogP contribution in [0.5, 0.6) is 0 Å². The molecule has 0 bridgehead atoms. The Balaban J connectivity index is 1.82. The van der Waals surface area contributed by atoms with Gasteiger partial charge in [0.05, 0.1) is 10.2 Å². The van der Waals surface area contributed by atoms with Crippen molar-refractivity contribution in [3.05, 3.63) is 23.8 Å². The lowest BCUT2D eigenvalue weighted by Gasteiger charge is -2.29. The van der Waals surface area contributed by atoms with Crippen molar-refractivity contribution in [1.82, 2.24) is 4.98 Å². The first-order chi connectivity index (χ1) is 9.58. The highest BCUT2D eigenvalue weighted by Gasteiger charge is 2.37. The van der Waals surface area contributed by atoms with Gasteiger partial charge in [-0.05, 0) is 42.9 Å². The second kappa shape index (κ2) is 5.35. The quantitative estimate of drug-likeness (QED) is 0.895. The maximum atomic E-state index is 12.2. The predicted molar refractivity (Wildman–Crippen MR) is 84.5 cm³/mol. The second-order valence-electron chi connectivity index (χ2n) is 5.04. The molecule has 0 atom stereocenters. The summed E-state index contributed by atoms with van der Waals surface area (Å²) in [5.74, 6) is 1.32. The van der Waals surface area contributed by atoms with Gasteiger partial charge in [-0.3, -0.25) is 10.1 Å². The highest BCUT2D eigenvalue weighted by atomic mass is 32.2. The van der Waals surface area contributed by atoms with E-state index in [1.54, 1.807) is 11.8 Å². The van der Waals surface area contributed by atoms with Crippen LogP contribution in [0, 0.1) is 6.92 Å². The molecule has 1 aliphatic rings. The topological polar surface area (TPSA) is 62.2 Å². The van der Waals surface area contributed by atoms with Gasteiger partial charge < -0.3 is 5.11 Å². The number of nitrogens with zero attached hydrogens (tertiary/aromatic N) is 1. The number of thiazole rings is 1. The number of hydrogen-bond acceptors (Lipinski definition) is 5. The van der Waals surface area contributed by atoms with E-state index in [9.17, 15) is 9.90 Å². The molecule has 3 rings (SSSR count). The van der Waals surface area contributed by atoms with Crippen LogP contribution in [0.15, 0.2) is 18.2 Å². The van der Waals surface area contributed by atoms with Gasteiger partial charge in [-0.15, -0.1) is 0 Å². The smallest absolute Gasteiger partial charge is 0.258 e. The van der Waals surface area contributed by atoms with Crippen molar-refractivity contribution in [1.29, 1.82) is 0 Å². The normalized spacial score (nSPS) is 18.1. The average Bonchev–Trinajstić information content (AvgIpc) is 2.83. The lowest BCUT2D eigenvalue weighted by Crippen LogP contribution is -2.45. The summed E-state index contributed by atoms with van der Waals surface area (Å²) in [6.45, 7) is 2.00. The Bertz CT molecular complexity index is 648. The summed E-state index contributed by atoms with van der Waals surface area (Å²) in [7, 11) is 0. The first-order valence-electron chi connectivity index (χ1n) is 6.56. The summed E-state index contributed by atoms with van der Waals surface area (Å²) in [4.78, 5) is 16.7. The fourth-order valence-corrected chi connectivity index (χ4v) is 4.40. The number of aliphatic hydroxyl groups is 1. The first-order valence-corrected chi connectivity index (χ1v) is 8.53. The zero-order valence-electron chi connectivity index (χ0n) is 11.2. The van der Waals surface area contributed by atoms with Gasteiger partial charge in [0.2, 0.25) is 0 Å². The summed E-state index contributed by atoms with van der Waals surface area (Å²) in [5, 5.41) is 13.7. The molecule has 6 heteroatoms. The number of para-hydroxylation sites is 1. The van der Waals surface area contributed by atoms with E-state index in [4.69, 9.17) is 0 Å². The standard InChI is InChI=1S/C14H16N2O2S2/c1-9-3-2-4-10-11(9)15-13(20-10)16-12(17)14(18)5-7-19-8-6-14/h2-4,18H,5-8H2,1H3,(H,15,16,17). The third kappa shape index (κ3) is 2.55. The average molecular weight is 308 g/mol. The van der Waals surface area contributed by atoms with Crippen LogP contribution in [0.2, 0.25) is 0 Å². The number of amides is 1. The number of benzene rings is 1. The first kappa shape index (κ1) is 13.9. The monoisotopic (exact) mass is 308 g/mol. The van der Waals surface area contributed by atoms with Gasteiger partial charge in [-0.1, -0.05) is 23.5 Å². The van der Waals surface area contributed by atoms with E-state index in [-0.39, 0.29) is 5.91 Å². The molecule has 1 aromatic carbocycles. The number of rotatable bonds is 2. The van der Waals surface area contributed by atoms with Crippen LogP contribution in [0.3, 0.4) is 0 Å². The van der Waals surface area contributed by atoms with Gasteiger partial charge in [0, 0.05) is 0 Å². The molecule has 0 spiro atoms. The van der Waals surface area contributed by atoms with Crippen LogP contribution >= 0.6 is 23.1 Å². The highest BCUT2D eigenvalue weighted by molar-refractivity contribution is 7.99. The van der Waals surface area contributed by atoms with E-state index in [1.165, 1.54) is 11.3 Å². The molecular weight excluding hydrogens is 292 g/mol. The number of carbonyl (C=O) groups excluding carboxylic acids is 1. The van der Waals surface area contributed by atoms with Gasteiger partial charge in [0.1, 0.15) is 5.60 Å². The van der Waals surface area contributed by atoms with E-state index in [1.807, 2.05) is 25.1 Å². The molecule has 1 amide bonds. The molecule has 4 nitrogen and oxygen atoms in total. The number of carbonyl (C=O) groups is 1. The van der Waals surface area contributed by atoms with Gasteiger partial charge in [0.25, 0.3) is 5.91 Å². The number of aryl methyl sites for hydroxylation is 1. The fourth-order valence-electron chi connectivity index (χ4n) is 2.29. The molecular formula is C14H16N2O2S2. The molecule has 0 saturated carbocycles.